The average molecular weight is 234 g/mol. The third-order valence-electron chi connectivity index (χ3n) is 2.12. The molecule has 1 N–H and O–H groups in total. The Bertz CT molecular complexity index is 471. The molecule has 0 unspecified atom stereocenters. The van der Waals surface area contributed by atoms with Gasteiger partial charge in [-0.05, 0) is 39.0 Å². The van der Waals surface area contributed by atoms with Gasteiger partial charge in [-0.25, -0.2) is 9.59 Å². The van der Waals surface area contributed by atoms with E-state index in [0.717, 1.165) is 0 Å². The largest absolute Gasteiger partial charge is 0.465 e. The molecule has 1 aromatic carbocycles. The lowest BCUT2D eigenvalue weighted by molar-refractivity contribution is 0.195. The van der Waals surface area contributed by atoms with Crippen LogP contribution >= 0.6 is 0 Å². The summed E-state index contributed by atoms with van der Waals surface area (Å²) in [6.45, 7) is 5.37. The molecule has 0 saturated heterocycles. The summed E-state index contributed by atoms with van der Waals surface area (Å²) in [5.74, 6) is 0. The van der Waals surface area contributed by atoms with Crippen LogP contribution in [0.4, 0.5) is 16.2 Å². The summed E-state index contributed by atoms with van der Waals surface area (Å²) in [5.41, 5.74) is 0.282. The van der Waals surface area contributed by atoms with Crippen LogP contribution in [0.1, 0.15) is 20.8 Å². The summed E-state index contributed by atoms with van der Waals surface area (Å²) in [6, 6.07) is 6.44. The molecule has 0 saturated carbocycles. The zero-order valence-electron chi connectivity index (χ0n) is 9.97. The zero-order chi connectivity index (χ0) is 13.1. The van der Waals surface area contributed by atoms with Gasteiger partial charge in [-0.3, -0.25) is 4.90 Å². The highest BCUT2D eigenvalue weighted by Gasteiger charge is 2.27. The highest BCUT2D eigenvalue weighted by molar-refractivity contribution is 5.88. The van der Waals surface area contributed by atoms with Crippen molar-refractivity contribution in [3.8, 4) is 0 Å². The fourth-order valence-electron chi connectivity index (χ4n) is 1.54. The van der Waals surface area contributed by atoms with E-state index in [1.165, 1.54) is 17.0 Å². The van der Waals surface area contributed by atoms with Crippen molar-refractivity contribution in [2.75, 3.05) is 4.90 Å². The number of nitrogens with zero attached hydrogens (tertiary/aromatic N) is 2. The molecular formula is C12H14N2O3. The lowest BCUT2D eigenvalue weighted by Gasteiger charge is -2.33. The number of aliphatic imine (C=N–C) groups is 1. The highest BCUT2D eigenvalue weighted by Crippen LogP contribution is 2.27. The molecule has 17 heavy (non-hydrogen) atoms. The third-order valence-corrected chi connectivity index (χ3v) is 2.12. The Morgan fingerprint density at radius 2 is 2.06 bits per heavy atom. The first kappa shape index (κ1) is 12.9. The number of hydrogen-bond acceptors (Lipinski definition) is 3. The Labute approximate surface area is 99.4 Å². The van der Waals surface area contributed by atoms with Crippen molar-refractivity contribution in [2.45, 2.75) is 26.3 Å². The number of benzene rings is 1. The molecule has 5 nitrogen and oxygen atoms in total. The molecule has 0 radical (unpaired) electrons. The van der Waals surface area contributed by atoms with E-state index in [2.05, 4.69) is 4.99 Å². The van der Waals surface area contributed by atoms with Gasteiger partial charge in [0.2, 0.25) is 6.08 Å². The fourth-order valence-corrected chi connectivity index (χ4v) is 1.54. The van der Waals surface area contributed by atoms with Crippen molar-refractivity contribution in [3.05, 3.63) is 24.3 Å². The van der Waals surface area contributed by atoms with Gasteiger partial charge < -0.3 is 5.11 Å². The number of isocyanates is 1. The molecule has 0 bridgehead atoms. The topological polar surface area (TPSA) is 70.0 Å². The zero-order valence-corrected chi connectivity index (χ0v) is 9.97. The van der Waals surface area contributed by atoms with E-state index in [1.54, 1.807) is 39.0 Å². The Hall–Kier alpha value is -2.13. The first-order valence-electron chi connectivity index (χ1n) is 5.07. The van der Waals surface area contributed by atoms with Gasteiger partial charge in [0.15, 0.2) is 0 Å². The summed E-state index contributed by atoms with van der Waals surface area (Å²) < 4.78 is 0. The van der Waals surface area contributed by atoms with Crippen molar-refractivity contribution in [3.63, 3.8) is 0 Å². The second-order valence-electron chi connectivity index (χ2n) is 4.51. The van der Waals surface area contributed by atoms with E-state index in [-0.39, 0.29) is 0 Å². The van der Waals surface area contributed by atoms with Crippen LogP contribution in [-0.2, 0) is 4.79 Å². The second-order valence-corrected chi connectivity index (χ2v) is 4.51. The molecule has 0 aliphatic carbocycles. The smallest absolute Gasteiger partial charge is 0.412 e. The maximum atomic E-state index is 11.2. The van der Waals surface area contributed by atoms with Gasteiger partial charge in [0.1, 0.15) is 0 Å². The van der Waals surface area contributed by atoms with Gasteiger partial charge in [-0.1, -0.05) is 6.07 Å². The lowest BCUT2D eigenvalue weighted by atomic mass is 10.1. The summed E-state index contributed by atoms with van der Waals surface area (Å²) in [6.07, 6.45) is 0.376. The summed E-state index contributed by atoms with van der Waals surface area (Å²) >= 11 is 0. The second kappa shape index (κ2) is 4.80. The fraction of sp³-hybridized carbons (Fsp3) is 0.333. The van der Waals surface area contributed by atoms with Gasteiger partial charge in [0.05, 0.1) is 5.69 Å². The number of carbonyl (C=O) groups is 1. The highest BCUT2D eigenvalue weighted by atomic mass is 16.4. The predicted molar refractivity (Wildman–Crippen MR) is 64.5 cm³/mol. The lowest BCUT2D eigenvalue weighted by Crippen LogP contribution is -2.45. The van der Waals surface area contributed by atoms with Crippen molar-refractivity contribution in [2.24, 2.45) is 4.99 Å². The summed E-state index contributed by atoms with van der Waals surface area (Å²) in [7, 11) is 0. The standard InChI is InChI=1S/C12H14N2O3/c1-12(2,3)14(11(16)17)10-6-4-5-9(7-10)13-8-15/h4-7H,1-3H3,(H,16,17). The van der Waals surface area contributed by atoms with Crippen LogP contribution in [0.5, 0.6) is 0 Å². The number of carboxylic acid groups (broad SMARTS) is 1. The SMILES string of the molecule is CC(C)(C)N(C(=O)O)c1cccc(N=C=O)c1. The van der Waals surface area contributed by atoms with E-state index in [1.807, 2.05) is 0 Å². The van der Waals surface area contributed by atoms with E-state index in [0.29, 0.717) is 11.4 Å². The minimum absolute atomic E-state index is 0.382. The number of rotatable bonds is 2. The van der Waals surface area contributed by atoms with E-state index in [9.17, 15) is 14.7 Å². The Balaban J connectivity index is 3.24. The quantitative estimate of drug-likeness (QED) is 0.631. The normalized spacial score (nSPS) is 10.5. The van der Waals surface area contributed by atoms with Gasteiger partial charge in [0, 0.05) is 11.2 Å². The van der Waals surface area contributed by atoms with Crippen LogP contribution in [0.25, 0.3) is 0 Å². The van der Waals surface area contributed by atoms with Crippen LogP contribution < -0.4 is 4.90 Å². The van der Waals surface area contributed by atoms with Gasteiger partial charge in [0.25, 0.3) is 0 Å². The first-order valence-corrected chi connectivity index (χ1v) is 5.07. The molecule has 90 valence electrons. The van der Waals surface area contributed by atoms with Gasteiger partial charge in [-0.2, -0.15) is 4.99 Å². The molecule has 0 aliphatic heterocycles. The van der Waals surface area contributed by atoms with Gasteiger partial charge in [-0.15, -0.1) is 0 Å². The monoisotopic (exact) mass is 234 g/mol. The minimum Gasteiger partial charge on any atom is -0.465 e. The molecule has 5 heteroatoms. The van der Waals surface area contributed by atoms with Crippen LogP contribution in [-0.4, -0.2) is 22.8 Å². The number of hydrogen-bond donors (Lipinski definition) is 1. The van der Waals surface area contributed by atoms with Crippen LogP contribution in [0, 0.1) is 0 Å². The third kappa shape index (κ3) is 3.16. The predicted octanol–water partition coefficient (Wildman–Crippen LogP) is 2.94. The van der Waals surface area contributed by atoms with Gasteiger partial charge >= 0.3 is 6.09 Å². The summed E-state index contributed by atoms with van der Waals surface area (Å²) in [4.78, 5) is 26.1. The molecule has 0 atom stereocenters. The maximum Gasteiger partial charge on any atom is 0.412 e. The first-order chi connectivity index (χ1) is 7.86. The molecule has 0 heterocycles. The van der Waals surface area contributed by atoms with E-state index >= 15 is 0 Å². The molecular weight excluding hydrogens is 220 g/mol. The molecule has 0 spiro atoms. The molecule has 1 amide bonds. The number of anilines is 1. The Kier molecular flexibility index (Phi) is 3.66. The molecule has 0 fully saturated rings. The van der Waals surface area contributed by atoms with Crippen molar-refractivity contribution >= 4 is 23.5 Å². The van der Waals surface area contributed by atoms with Crippen LogP contribution in [0.3, 0.4) is 0 Å². The van der Waals surface area contributed by atoms with E-state index < -0.39 is 11.6 Å². The molecule has 0 aliphatic rings. The minimum atomic E-state index is -1.05. The maximum absolute atomic E-state index is 11.2. The molecule has 0 aromatic heterocycles. The number of amides is 1. The molecule has 1 aromatic rings. The van der Waals surface area contributed by atoms with Crippen molar-refractivity contribution < 1.29 is 14.7 Å². The van der Waals surface area contributed by atoms with Crippen LogP contribution in [0.2, 0.25) is 0 Å². The molecule has 1 rings (SSSR count). The van der Waals surface area contributed by atoms with Crippen LogP contribution in [0.15, 0.2) is 29.3 Å². The van der Waals surface area contributed by atoms with Crippen molar-refractivity contribution in [1.82, 2.24) is 0 Å². The van der Waals surface area contributed by atoms with E-state index in [4.69, 9.17) is 0 Å². The van der Waals surface area contributed by atoms with Crippen molar-refractivity contribution in [1.29, 1.82) is 0 Å². The summed E-state index contributed by atoms with van der Waals surface area (Å²) in [5, 5.41) is 9.20. The number of carbonyl (C=O) groups excluding carboxylic acids is 1. The average Bonchev–Trinajstić information content (AvgIpc) is 2.15. The Morgan fingerprint density at radius 1 is 1.41 bits per heavy atom. The Morgan fingerprint density at radius 3 is 2.53 bits per heavy atom.